The molecule has 2 aliphatic carbocycles. The van der Waals surface area contributed by atoms with Crippen LogP contribution in [0.25, 0.3) is 0 Å². The molecule has 5 heterocycles. The van der Waals surface area contributed by atoms with Gasteiger partial charge in [-0.15, -0.1) is 0 Å². The van der Waals surface area contributed by atoms with E-state index in [1.807, 2.05) is 6.92 Å². The SMILES string of the molecule is C[C@H]1CC[C@H]2C(C(=O)O[C@H]3[C@@H]4C=CO[C@@H](O[C@@H]5O[C@H](CO)[C@@H](O)[C@H](O)[C@H]5O)[C@@H]4[C@@]4(CO)O[C@@H]34)=CO[C@H](O[C@@H]3O[C@H](CO)[C@@H](O)[C@H](O)[C@H]3O)[C@@H]12. The molecule has 0 bridgehead atoms. The molecule has 0 radical (unpaired) electrons. The Hall–Kier alpha value is -2.01. The highest BCUT2D eigenvalue weighted by atomic mass is 16.8. The zero-order valence-corrected chi connectivity index (χ0v) is 26.4. The van der Waals surface area contributed by atoms with E-state index in [4.69, 9.17) is 37.9 Å². The fraction of sp³-hybridized carbons (Fsp3) is 0.839. The van der Waals surface area contributed by atoms with Gasteiger partial charge >= 0.3 is 5.97 Å². The summed E-state index contributed by atoms with van der Waals surface area (Å²) in [6, 6.07) is 0. The molecule has 3 saturated heterocycles. The molecule has 9 N–H and O–H groups in total. The van der Waals surface area contributed by atoms with Gasteiger partial charge in [0.05, 0.1) is 43.8 Å². The Labute approximate surface area is 279 Å². The highest BCUT2D eigenvalue weighted by molar-refractivity contribution is 5.89. The van der Waals surface area contributed by atoms with Gasteiger partial charge in [0.25, 0.3) is 0 Å². The van der Waals surface area contributed by atoms with Gasteiger partial charge in [-0.2, -0.15) is 0 Å². The zero-order chi connectivity index (χ0) is 34.9. The van der Waals surface area contributed by atoms with Gasteiger partial charge in [0.1, 0.15) is 66.6 Å². The summed E-state index contributed by atoms with van der Waals surface area (Å²) >= 11 is 0. The van der Waals surface area contributed by atoms with Gasteiger partial charge in [-0.05, 0) is 24.8 Å². The normalized spacial score (nSPS) is 53.0. The second kappa shape index (κ2) is 13.5. The van der Waals surface area contributed by atoms with E-state index in [-0.39, 0.29) is 23.3 Å². The number of fused-ring (bicyclic) bond motifs is 4. The van der Waals surface area contributed by atoms with E-state index in [0.29, 0.717) is 12.8 Å². The maximum atomic E-state index is 13.8. The molecule has 20 atom stereocenters. The van der Waals surface area contributed by atoms with Crippen molar-refractivity contribution in [2.45, 2.75) is 112 Å². The van der Waals surface area contributed by atoms with Crippen molar-refractivity contribution < 1.29 is 88.6 Å². The van der Waals surface area contributed by atoms with Crippen molar-refractivity contribution in [2.75, 3.05) is 19.8 Å². The number of esters is 1. The largest absolute Gasteiger partial charge is 0.472 e. The minimum atomic E-state index is -1.70. The van der Waals surface area contributed by atoms with Gasteiger partial charge < -0.3 is 83.9 Å². The molecular formula is C31H44O18. The first-order chi connectivity index (χ1) is 23.4. The number of carbonyl (C=O) groups is 1. The Kier molecular flexibility index (Phi) is 9.76. The van der Waals surface area contributed by atoms with E-state index in [9.17, 15) is 50.8 Å². The molecule has 5 aliphatic heterocycles. The maximum absolute atomic E-state index is 13.8. The Morgan fingerprint density at radius 1 is 0.816 bits per heavy atom. The lowest BCUT2D eigenvalue weighted by molar-refractivity contribution is -0.344. The molecule has 0 aromatic heterocycles. The lowest BCUT2D eigenvalue weighted by atomic mass is 9.83. The van der Waals surface area contributed by atoms with Crippen LogP contribution < -0.4 is 0 Å². The standard InChI is InChI=1S/C31H44O18/c1-10-2-3-11-13(8-43-27(16(10)11)47-29-22(39)20(37)18(35)14(6-32)44-29)26(41)46-24-12-4-5-42-28(17(12)31(9-34)25(24)49-31)48-30-23(40)21(38)19(36)15(7-33)45-30/h4-5,8,10-12,14-25,27-30,32-40H,2-3,6-7,9H2,1H3/t10-,11-,12+,14+,15+,16-,17+,18+,19+,20-,21-,22+,23+,24-,25-,27+,28-,29-,30-,31+/m0/s1. The minimum Gasteiger partial charge on any atom is -0.472 e. The summed E-state index contributed by atoms with van der Waals surface area (Å²) in [5.41, 5.74) is -0.988. The Bertz CT molecular complexity index is 1280. The number of rotatable bonds is 9. The lowest BCUT2D eigenvalue weighted by Crippen LogP contribution is -2.60. The lowest BCUT2D eigenvalue weighted by Gasteiger charge is -2.43. The predicted octanol–water partition coefficient (Wildman–Crippen LogP) is -4.32. The van der Waals surface area contributed by atoms with Crippen molar-refractivity contribution in [3.05, 3.63) is 24.2 Å². The first-order valence-corrected chi connectivity index (χ1v) is 16.5. The monoisotopic (exact) mass is 704 g/mol. The third-order valence-corrected chi connectivity index (χ3v) is 11.3. The van der Waals surface area contributed by atoms with Gasteiger partial charge in [0, 0.05) is 17.8 Å². The summed E-state index contributed by atoms with van der Waals surface area (Å²) in [7, 11) is 0. The van der Waals surface area contributed by atoms with Crippen molar-refractivity contribution in [2.24, 2.45) is 29.6 Å². The number of carbonyl (C=O) groups excluding carboxylic acids is 1. The zero-order valence-electron chi connectivity index (χ0n) is 26.4. The second-order valence-corrected chi connectivity index (χ2v) is 13.9. The number of ether oxygens (including phenoxy) is 8. The van der Waals surface area contributed by atoms with Crippen LogP contribution in [0.3, 0.4) is 0 Å². The van der Waals surface area contributed by atoms with E-state index in [0.717, 1.165) is 0 Å². The Morgan fingerprint density at radius 2 is 1.43 bits per heavy atom. The van der Waals surface area contributed by atoms with Crippen molar-refractivity contribution in [1.29, 1.82) is 0 Å². The number of hydrogen-bond acceptors (Lipinski definition) is 18. The van der Waals surface area contributed by atoms with Gasteiger partial charge in [0.15, 0.2) is 12.6 Å². The van der Waals surface area contributed by atoms with Crippen molar-refractivity contribution in [1.82, 2.24) is 0 Å². The molecule has 276 valence electrons. The van der Waals surface area contributed by atoms with Crippen LogP contribution in [-0.2, 0) is 42.7 Å². The summed E-state index contributed by atoms with van der Waals surface area (Å²) in [5.74, 6) is -2.79. The van der Waals surface area contributed by atoms with Gasteiger partial charge in [0.2, 0.25) is 12.6 Å². The Balaban J connectivity index is 1.05. The molecule has 18 heteroatoms. The van der Waals surface area contributed by atoms with Gasteiger partial charge in [-0.3, -0.25) is 0 Å². The van der Waals surface area contributed by atoms with E-state index in [1.54, 1.807) is 6.08 Å². The van der Waals surface area contributed by atoms with E-state index < -0.39 is 129 Å². The van der Waals surface area contributed by atoms with E-state index in [1.165, 1.54) is 12.5 Å². The molecule has 0 aromatic carbocycles. The molecule has 18 nitrogen and oxygen atoms in total. The maximum Gasteiger partial charge on any atom is 0.337 e. The van der Waals surface area contributed by atoms with Crippen LogP contribution in [0, 0.1) is 29.6 Å². The third kappa shape index (κ3) is 5.79. The van der Waals surface area contributed by atoms with E-state index >= 15 is 0 Å². The van der Waals surface area contributed by atoms with Crippen molar-refractivity contribution in [3.8, 4) is 0 Å². The first-order valence-electron chi connectivity index (χ1n) is 16.5. The van der Waals surface area contributed by atoms with Crippen LogP contribution in [-0.4, -0.2) is 164 Å². The summed E-state index contributed by atoms with van der Waals surface area (Å²) in [4.78, 5) is 13.8. The fourth-order valence-corrected chi connectivity index (χ4v) is 8.48. The average Bonchev–Trinajstić information content (AvgIpc) is 3.62. The predicted molar refractivity (Wildman–Crippen MR) is 154 cm³/mol. The Morgan fingerprint density at radius 3 is 2.02 bits per heavy atom. The van der Waals surface area contributed by atoms with Crippen LogP contribution in [0.15, 0.2) is 24.2 Å². The first kappa shape index (κ1) is 35.4. The van der Waals surface area contributed by atoms with Crippen molar-refractivity contribution in [3.63, 3.8) is 0 Å². The molecule has 0 spiro atoms. The van der Waals surface area contributed by atoms with E-state index in [2.05, 4.69) is 0 Å². The van der Waals surface area contributed by atoms with Crippen LogP contribution >= 0.6 is 0 Å². The van der Waals surface area contributed by atoms with Crippen molar-refractivity contribution >= 4 is 5.97 Å². The molecule has 2 saturated carbocycles. The highest BCUT2D eigenvalue weighted by Gasteiger charge is 2.77. The second-order valence-electron chi connectivity index (χ2n) is 13.9. The number of epoxide rings is 1. The summed E-state index contributed by atoms with van der Waals surface area (Å²) in [5, 5.41) is 91.3. The number of aliphatic hydroxyl groups excluding tert-OH is 9. The average molecular weight is 705 g/mol. The van der Waals surface area contributed by atoms with Crippen LogP contribution in [0.4, 0.5) is 0 Å². The topological polar surface area (TPSA) is 276 Å². The fourth-order valence-electron chi connectivity index (χ4n) is 8.48. The third-order valence-electron chi connectivity index (χ3n) is 11.3. The summed E-state index contributed by atoms with van der Waals surface area (Å²) in [6.45, 7) is 0.196. The summed E-state index contributed by atoms with van der Waals surface area (Å²) in [6.07, 6.45) is -13.5. The van der Waals surface area contributed by atoms with Crippen LogP contribution in [0.5, 0.6) is 0 Å². The quantitative estimate of drug-likeness (QED) is 0.0811. The molecule has 5 fully saturated rings. The number of hydrogen-bond donors (Lipinski definition) is 9. The van der Waals surface area contributed by atoms with Gasteiger partial charge in [-0.1, -0.05) is 6.92 Å². The molecule has 0 amide bonds. The van der Waals surface area contributed by atoms with Gasteiger partial charge in [-0.25, -0.2) is 4.79 Å². The molecular weight excluding hydrogens is 660 g/mol. The molecule has 0 aromatic rings. The molecule has 0 unspecified atom stereocenters. The highest BCUT2D eigenvalue weighted by Crippen LogP contribution is 2.61. The van der Waals surface area contributed by atoms with Crippen LogP contribution in [0.2, 0.25) is 0 Å². The minimum absolute atomic E-state index is 0.000182. The number of aliphatic hydroxyl groups is 9. The smallest absolute Gasteiger partial charge is 0.337 e. The molecule has 49 heavy (non-hydrogen) atoms. The van der Waals surface area contributed by atoms with Crippen LogP contribution in [0.1, 0.15) is 19.8 Å². The summed E-state index contributed by atoms with van der Waals surface area (Å²) < 4.78 is 46.4. The molecule has 7 aliphatic rings. The molecule has 7 rings (SSSR count).